The molecule has 1 aromatic heterocycles. The van der Waals surface area contributed by atoms with Crippen LogP contribution in [0.5, 0.6) is 11.5 Å². The smallest absolute Gasteiger partial charge is 0.343 e. The van der Waals surface area contributed by atoms with Crippen LogP contribution in [0.4, 0.5) is 0 Å². The zero-order valence-corrected chi connectivity index (χ0v) is 20.1. The number of esters is 1. The first-order valence-electron chi connectivity index (χ1n) is 10.8. The Balaban J connectivity index is 1.39. The van der Waals surface area contributed by atoms with E-state index in [1.807, 2.05) is 25.1 Å². The van der Waals surface area contributed by atoms with Crippen molar-refractivity contribution in [2.75, 3.05) is 7.11 Å². The van der Waals surface area contributed by atoms with Crippen molar-refractivity contribution in [1.29, 1.82) is 5.41 Å². The lowest BCUT2D eigenvalue weighted by Crippen LogP contribution is -2.35. The topological polar surface area (TPSA) is 117 Å². The number of fused-ring (bicyclic) bond motifs is 1. The molecule has 2 aromatic carbocycles. The zero-order valence-electron chi connectivity index (χ0n) is 19.3. The molecule has 0 saturated carbocycles. The van der Waals surface area contributed by atoms with E-state index in [1.165, 1.54) is 30.0 Å². The number of hydrogen-bond acceptors (Lipinski definition) is 8. The summed E-state index contributed by atoms with van der Waals surface area (Å²) in [4.78, 5) is 33.5. The van der Waals surface area contributed by atoms with Crippen LogP contribution < -0.4 is 9.47 Å². The lowest BCUT2D eigenvalue weighted by Gasteiger charge is -2.20. The van der Waals surface area contributed by atoms with Gasteiger partial charge < -0.3 is 9.47 Å². The van der Waals surface area contributed by atoms with Gasteiger partial charge in [0.15, 0.2) is 17.3 Å². The molecule has 3 heterocycles. The van der Waals surface area contributed by atoms with Crippen molar-refractivity contribution in [3.05, 3.63) is 94.8 Å². The molecule has 5 rings (SSSR count). The first-order chi connectivity index (χ1) is 17.4. The van der Waals surface area contributed by atoms with Gasteiger partial charge in [0.05, 0.1) is 18.2 Å². The van der Waals surface area contributed by atoms with E-state index in [2.05, 4.69) is 15.1 Å². The fourth-order valence-corrected chi connectivity index (χ4v) is 4.35. The summed E-state index contributed by atoms with van der Waals surface area (Å²) in [6.07, 6.45) is 4.84. The number of thioether (sulfide) groups is 1. The van der Waals surface area contributed by atoms with Gasteiger partial charge in [-0.25, -0.2) is 4.79 Å². The molecule has 0 spiro atoms. The first-order valence-corrected chi connectivity index (χ1v) is 11.6. The van der Waals surface area contributed by atoms with E-state index in [9.17, 15) is 9.59 Å². The molecule has 1 amide bonds. The average Bonchev–Trinajstić information content (AvgIpc) is 3.32. The summed E-state index contributed by atoms with van der Waals surface area (Å²) in [5.41, 5.74) is 2.86. The van der Waals surface area contributed by atoms with Gasteiger partial charge >= 0.3 is 5.97 Å². The minimum absolute atomic E-state index is 0.0713. The molecular weight excluding hydrogens is 478 g/mol. The van der Waals surface area contributed by atoms with E-state index in [0.717, 1.165) is 11.1 Å². The lowest BCUT2D eigenvalue weighted by atomic mass is 10.1. The number of methoxy groups -OCH3 is 1. The molecule has 178 valence electrons. The first kappa shape index (κ1) is 23.2. The van der Waals surface area contributed by atoms with Crippen molar-refractivity contribution in [2.45, 2.75) is 6.92 Å². The van der Waals surface area contributed by atoms with E-state index in [4.69, 9.17) is 14.9 Å². The number of aliphatic imine (C=N–C) groups is 1. The van der Waals surface area contributed by atoms with Crippen molar-refractivity contribution >= 4 is 45.8 Å². The number of benzene rings is 2. The van der Waals surface area contributed by atoms with Gasteiger partial charge in [-0.3, -0.25) is 15.2 Å². The summed E-state index contributed by atoms with van der Waals surface area (Å²) in [7, 11) is 1.45. The number of amides is 1. The predicted octanol–water partition coefficient (Wildman–Crippen LogP) is 4.29. The Morgan fingerprint density at radius 3 is 2.64 bits per heavy atom. The Bertz CT molecular complexity index is 1480. The molecule has 1 N–H and O–H groups in total. The van der Waals surface area contributed by atoms with Crippen LogP contribution in [-0.2, 0) is 4.79 Å². The van der Waals surface area contributed by atoms with Gasteiger partial charge in [0.25, 0.3) is 5.91 Å². The Hall–Kier alpha value is -4.57. The van der Waals surface area contributed by atoms with Gasteiger partial charge in [0.1, 0.15) is 5.04 Å². The Morgan fingerprint density at radius 1 is 1.11 bits per heavy atom. The van der Waals surface area contributed by atoms with E-state index >= 15 is 0 Å². The van der Waals surface area contributed by atoms with Gasteiger partial charge in [-0.1, -0.05) is 23.8 Å². The highest BCUT2D eigenvalue weighted by Crippen LogP contribution is 2.33. The SMILES string of the molecule is COc1cc(C=C2C(=N)N3N=C(c4cccnc4)SC3=NC2=O)ccc1OC(=O)c1ccc(C)cc1. The molecule has 2 aliphatic rings. The molecule has 0 radical (unpaired) electrons. The number of carbonyl (C=O) groups is 2. The summed E-state index contributed by atoms with van der Waals surface area (Å²) >= 11 is 1.20. The van der Waals surface area contributed by atoms with Crippen molar-refractivity contribution in [1.82, 2.24) is 9.99 Å². The predicted molar refractivity (Wildman–Crippen MR) is 137 cm³/mol. The fourth-order valence-electron chi connectivity index (χ4n) is 3.47. The summed E-state index contributed by atoms with van der Waals surface area (Å²) in [5, 5.41) is 15.3. The maximum absolute atomic E-state index is 12.7. The molecule has 2 aliphatic heterocycles. The standard InChI is InChI=1S/C26H19N5O4S/c1-15-5-8-17(9-6-15)25(33)35-20-10-7-16(13-21(20)34-2)12-19-22(27)31-26(29-23(19)32)36-24(30-31)18-4-3-11-28-14-18/h3-14,27H,1-2H3. The summed E-state index contributed by atoms with van der Waals surface area (Å²) in [6.45, 7) is 1.93. The molecule has 0 unspecified atom stereocenters. The van der Waals surface area contributed by atoms with E-state index in [1.54, 1.807) is 48.8 Å². The summed E-state index contributed by atoms with van der Waals surface area (Å²) < 4.78 is 10.9. The second-order valence-electron chi connectivity index (χ2n) is 7.83. The molecule has 0 atom stereocenters. The average molecular weight is 498 g/mol. The molecular formula is C26H19N5O4S. The van der Waals surface area contributed by atoms with Crippen LogP contribution in [0.15, 0.2) is 82.7 Å². The van der Waals surface area contributed by atoms with Crippen LogP contribution in [0.3, 0.4) is 0 Å². The molecule has 0 bridgehead atoms. The molecule has 10 heteroatoms. The number of aryl methyl sites for hydroxylation is 1. The summed E-state index contributed by atoms with van der Waals surface area (Å²) in [5.74, 6) is -0.616. The number of nitrogens with one attached hydrogen (secondary N) is 1. The maximum atomic E-state index is 12.7. The minimum Gasteiger partial charge on any atom is -0.493 e. The number of amidine groups is 2. The van der Waals surface area contributed by atoms with E-state index < -0.39 is 11.9 Å². The van der Waals surface area contributed by atoms with Crippen LogP contribution in [-0.4, -0.2) is 45.0 Å². The lowest BCUT2D eigenvalue weighted by molar-refractivity contribution is -0.114. The van der Waals surface area contributed by atoms with Crippen LogP contribution in [0.2, 0.25) is 0 Å². The van der Waals surface area contributed by atoms with Gasteiger partial charge in [-0.2, -0.15) is 15.1 Å². The molecule has 9 nitrogen and oxygen atoms in total. The Labute approximate surface area is 210 Å². The van der Waals surface area contributed by atoms with Gasteiger partial charge in [-0.15, -0.1) is 0 Å². The number of rotatable bonds is 5. The van der Waals surface area contributed by atoms with Crippen molar-refractivity contribution in [2.24, 2.45) is 10.1 Å². The quantitative estimate of drug-likeness (QED) is 0.317. The third kappa shape index (κ3) is 4.53. The van der Waals surface area contributed by atoms with Crippen LogP contribution in [0.25, 0.3) is 6.08 Å². The Kier molecular flexibility index (Phi) is 6.17. The number of nitrogens with zero attached hydrogens (tertiary/aromatic N) is 4. The van der Waals surface area contributed by atoms with E-state index in [0.29, 0.717) is 27.1 Å². The van der Waals surface area contributed by atoms with Crippen LogP contribution in [0.1, 0.15) is 27.0 Å². The monoisotopic (exact) mass is 497 g/mol. The fraction of sp³-hybridized carbons (Fsp3) is 0.0769. The number of aromatic nitrogens is 1. The zero-order chi connectivity index (χ0) is 25.2. The van der Waals surface area contributed by atoms with Gasteiger partial charge in [0.2, 0.25) is 5.17 Å². The highest BCUT2D eigenvalue weighted by molar-refractivity contribution is 8.27. The number of carbonyl (C=O) groups excluding carboxylic acids is 2. The second kappa shape index (κ2) is 9.59. The molecule has 36 heavy (non-hydrogen) atoms. The molecule has 3 aromatic rings. The summed E-state index contributed by atoms with van der Waals surface area (Å²) in [6, 6.07) is 15.5. The number of ether oxygens (including phenoxy) is 2. The van der Waals surface area contributed by atoms with Crippen LogP contribution in [0, 0.1) is 12.3 Å². The van der Waals surface area contributed by atoms with Crippen molar-refractivity contribution < 1.29 is 19.1 Å². The van der Waals surface area contributed by atoms with Crippen molar-refractivity contribution in [3.63, 3.8) is 0 Å². The Morgan fingerprint density at radius 2 is 1.92 bits per heavy atom. The number of hydrazone groups is 1. The largest absolute Gasteiger partial charge is 0.493 e. The van der Waals surface area contributed by atoms with Gasteiger partial charge in [0, 0.05) is 18.0 Å². The normalized spacial score (nSPS) is 15.9. The molecule has 0 saturated heterocycles. The van der Waals surface area contributed by atoms with Crippen molar-refractivity contribution in [3.8, 4) is 11.5 Å². The maximum Gasteiger partial charge on any atom is 0.343 e. The van der Waals surface area contributed by atoms with Gasteiger partial charge in [-0.05, 0) is 66.7 Å². The third-order valence-electron chi connectivity index (χ3n) is 5.35. The minimum atomic E-state index is -0.546. The second-order valence-corrected chi connectivity index (χ2v) is 8.79. The molecule has 0 aliphatic carbocycles. The number of pyridine rings is 1. The number of hydrogen-bond donors (Lipinski definition) is 1. The van der Waals surface area contributed by atoms with Crippen LogP contribution >= 0.6 is 11.8 Å². The molecule has 0 fully saturated rings. The highest BCUT2D eigenvalue weighted by Gasteiger charge is 2.36. The highest BCUT2D eigenvalue weighted by atomic mass is 32.2. The van der Waals surface area contributed by atoms with E-state index in [-0.39, 0.29) is 17.2 Å². The third-order valence-corrected chi connectivity index (χ3v) is 6.31.